The van der Waals surface area contributed by atoms with Gasteiger partial charge in [0.2, 0.25) is 0 Å². The molecule has 0 unspecified atom stereocenters. The van der Waals surface area contributed by atoms with E-state index < -0.39 is 15.9 Å². The minimum atomic E-state index is -3.60. The first-order chi connectivity index (χ1) is 14.9. The van der Waals surface area contributed by atoms with Crippen molar-refractivity contribution in [3.63, 3.8) is 0 Å². The van der Waals surface area contributed by atoms with Gasteiger partial charge >= 0.3 is 0 Å². The first-order valence-electron chi connectivity index (χ1n) is 9.43. The number of nitrogens with one attached hydrogen (secondary N) is 2. The van der Waals surface area contributed by atoms with Gasteiger partial charge in [0.25, 0.3) is 15.9 Å². The SMILES string of the molecule is O=C(Nc1ccc2nc(-c3cccc(F)c3)[nH]c2c1)C1=CC=CN2CCS(=O)(=O)N=C12. The molecule has 0 saturated heterocycles. The average Bonchev–Trinajstić information content (AvgIpc) is 3.16. The fourth-order valence-electron chi connectivity index (χ4n) is 3.45. The minimum absolute atomic E-state index is 0.0973. The van der Waals surface area contributed by atoms with Gasteiger partial charge in [-0.2, -0.15) is 0 Å². The predicted octanol–water partition coefficient (Wildman–Crippen LogP) is 2.81. The van der Waals surface area contributed by atoms with Crippen molar-refractivity contribution in [2.45, 2.75) is 0 Å². The number of imidazole rings is 1. The van der Waals surface area contributed by atoms with Gasteiger partial charge in [-0.25, -0.2) is 17.8 Å². The molecule has 1 amide bonds. The Morgan fingerprint density at radius 3 is 2.90 bits per heavy atom. The summed E-state index contributed by atoms with van der Waals surface area (Å²) in [5.41, 5.74) is 2.58. The second-order valence-electron chi connectivity index (χ2n) is 7.10. The van der Waals surface area contributed by atoms with E-state index in [1.807, 2.05) is 0 Å². The average molecular weight is 437 g/mol. The van der Waals surface area contributed by atoms with Gasteiger partial charge < -0.3 is 15.2 Å². The molecule has 0 spiro atoms. The third kappa shape index (κ3) is 3.73. The van der Waals surface area contributed by atoms with Crippen LogP contribution in [0, 0.1) is 5.82 Å². The second kappa shape index (κ2) is 7.17. The molecule has 5 rings (SSSR count). The lowest BCUT2D eigenvalue weighted by Crippen LogP contribution is -2.40. The molecule has 0 fully saturated rings. The summed E-state index contributed by atoms with van der Waals surface area (Å²) in [5.74, 6) is -0.311. The lowest BCUT2D eigenvalue weighted by Gasteiger charge is -2.28. The quantitative estimate of drug-likeness (QED) is 0.655. The van der Waals surface area contributed by atoms with Crippen molar-refractivity contribution in [3.05, 3.63) is 72.2 Å². The van der Waals surface area contributed by atoms with Crippen LogP contribution in [0.3, 0.4) is 0 Å². The van der Waals surface area contributed by atoms with Crippen LogP contribution in [0.4, 0.5) is 10.1 Å². The highest BCUT2D eigenvalue weighted by molar-refractivity contribution is 7.90. The summed E-state index contributed by atoms with van der Waals surface area (Å²) >= 11 is 0. The number of hydrogen-bond donors (Lipinski definition) is 2. The lowest BCUT2D eigenvalue weighted by atomic mass is 10.1. The van der Waals surface area contributed by atoms with Crippen LogP contribution in [0.15, 0.2) is 70.8 Å². The molecule has 8 nitrogen and oxygen atoms in total. The summed E-state index contributed by atoms with van der Waals surface area (Å²) in [6, 6.07) is 11.2. The van der Waals surface area contributed by atoms with Crippen molar-refractivity contribution in [2.24, 2.45) is 4.40 Å². The normalized spacial score (nSPS) is 17.1. The number of benzene rings is 2. The Hall–Kier alpha value is -3.79. The van der Waals surface area contributed by atoms with Gasteiger partial charge in [0.15, 0.2) is 5.84 Å². The molecule has 31 heavy (non-hydrogen) atoms. The number of aromatic amines is 1. The fourth-order valence-corrected chi connectivity index (χ4v) is 4.44. The lowest BCUT2D eigenvalue weighted by molar-refractivity contribution is -0.112. The zero-order valence-electron chi connectivity index (χ0n) is 16.0. The second-order valence-corrected chi connectivity index (χ2v) is 8.85. The smallest absolute Gasteiger partial charge is 0.259 e. The third-order valence-electron chi connectivity index (χ3n) is 4.94. The fraction of sp³-hybridized carbons (Fsp3) is 0.0952. The van der Waals surface area contributed by atoms with E-state index in [2.05, 4.69) is 19.7 Å². The minimum Gasteiger partial charge on any atom is -0.338 e. The van der Waals surface area contributed by atoms with E-state index in [9.17, 15) is 17.6 Å². The highest BCUT2D eigenvalue weighted by atomic mass is 32.2. The maximum atomic E-state index is 13.5. The van der Waals surface area contributed by atoms with Crippen LogP contribution in [0.1, 0.15) is 0 Å². The van der Waals surface area contributed by atoms with E-state index in [0.29, 0.717) is 28.1 Å². The maximum Gasteiger partial charge on any atom is 0.259 e. The van der Waals surface area contributed by atoms with Crippen molar-refractivity contribution in [2.75, 3.05) is 17.6 Å². The van der Waals surface area contributed by atoms with Gasteiger partial charge in [-0.3, -0.25) is 4.79 Å². The Bertz CT molecular complexity index is 1420. The summed E-state index contributed by atoms with van der Waals surface area (Å²) in [4.78, 5) is 22.1. The molecule has 2 N–H and O–H groups in total. The molecule has 0 aliphatic carbocycles. The number of fused-ring (bicyclic) bond motifs is 2. The van der Waals surface area contributed by atoms with Crippen molar-refractivity contribution in [1.82, 2.24) is 14.9 Å². The molecule has 156 valence electrons. The van der Waals surface area contributed by atoms with Gasteiger partial charge in [-0.05, 0) is 42.5 Å². The number of anilines is 1. The predicted molar refractivity (Wildman–Crippen MR) is 115 cm³/mol. The Morgan fingerprint density at radius 2 is 2.06 bits per heavy atom. The molecule has 0 radical (unpaired) electrons. The zero-order valence-corrected chi connectivity index (χ0v) is 16.9. The van der Waals surface area contributed by atoms with E-state index in [0.717, 1.165) is 0 Å². The number of aromatic nitrogens is 2. The van der Waals surface area contributed by atoms with Crippen LogP contribution >= 0.6 is 0 Å². The first-order valence-corrected chi connectivity index (χ1v) is 11.0. The van der Waals surface area contributed by atoms with Gasteiger partial charge in [0.05, 0.1) is 22.4 Å². The van der Waals surface area contributed by atoms with Crippen LogP contribution in [-0.2, 0) is 14.8 Å². The number of carbonyl (C=O) groups excluding carboxylic acids is 1. The van der Waals surface area contributed by atoms with Crippen molar-refractivity contribution < 1.29 is 17.6 Å². The summed E-state index contributed by atoms with van der Waals surface area (Å²) < 4.78 is 41.0. The van der Waals surface area contributed by atoms with E-state index in [4.69, 9.17) is 0 Å². The van der Waals surface area contributed by atoms with Crippen LogP contribution in [-0.4, -0.2) is 47.3 Å². The molecule has 0 bridgehead atoms. The van der Waals surface area contributed by atoms with Crippen LogP contribution in [0.5, 0.6) is 0 Å². The van der Waals surface area contributed by atoms with E-state index in [1.165, 1.54) is 18.2 Å². The topological polar surface area (TPSA) is 108 Å². The van der Waals surface area contributed by atoms with Crippen molar-refractivity contribution in [1.29, 1.82) is 0 Å². The van der Waals surface area contributed by atoms with Crippen molar-refractivity contribution in [3.8, 4) is 11.4 Å². The molecule has 1 aromatic heterocycles. The Kier molecular flexibility index (Phi) is 4.44. The highest BCUT2D eigenvalue weighted by Crippen LogP contribution is 2.24. The molecule has 3 heterocycles. The number of allylic oxidation sites excluding steroid dienone is 2. The van der Waals surface area contributed by atoms with Gasteiger partial charge in [0, 0.05) is 24.0 Å². The van der Waals surface area contributed by atoms with Crippen LogP contribution in [0.25, 0.3) is 22.4 Å². The molecule has 0 atom stereocenters. The number of sulfonamides is 1. The Balaban J connectivity index is 1.43. The van der Waals surface area contributed by atoms with Gasteiger partial charge in [-0.1, -0.05) is 12.1 Å². The number of rotatable bonds is 3. The standard InChI is InChI=1S/C21H16FN5O3S/c22-14-4-1-3-13(11-14)19-24-17-7-6-15(12-18(17)25-19)23-21(28)16-5-2-8-27-9-10-31(29,30)26-20(16)27/h1-8,11-12H,9-10H2,(H,23,28)(H,24,25). The summed E-state index contributed by atoms with van der Waals surface area (Å²) in [5, 5.41) is 2.77. The molecule has 2 aliphatic heterocycles. The number of carbonyl (C=O) groups is 1. The molecule has 2 aliphatic rings. The number of amides is 1. The van der Waals surface area contributed by atoms with E-state index >= 15 is 0 Å². The highest BCUT2D eigenvalue weighted by Gasteiger charge is 2.30. The number of hydrogen-bond acceptors (Lipinski definition) is 5. The Labute approximate surface area is 176 Å². The third-order valence-corrected chi connectivity index (χ3v) is 6.09. The molecule has 0 saturated carbocycles. The summed E-state index contributed by atoms with van der Waals surface area (Å²) in [7, 11) is -3.60. The molecule has 10 heteroatoms. The van der Waals surface area contributed by atoms with E-state index in [1.54, 1.807) is 47.5 Å². The zero-order chi connectivity index (χ0) is 21.6. The molecule has 3 aromatic rings. The van der Waals surface area contributed by atoms with Gasteiger partial charge in [0.1, 0.15) is 11.6 Å². The largest absolute Gasteiger partial charge is 0.338 e. The maximum absolute atomic E-state index is 13.5. The van der Waals surface area contributed by atoms with Crippen molar-refractivity contribution >= 4 is 38.5 Å². The Morgan fingerprint density at radius 1 is 1.19 bits per heavy atom. The van der Waals surface area contributed by atoms with Crippen LogP contribution in [0.2, 0.25) is 0 Å². The monoisotopic (exact) mass is 437 g/mol. The van der Waals surface area contributed by atoms with E-state index in [-0.39, 0.29) is 29.5 Å². The van der Waals surface area contributed by atoms with Crippen LogP contribution < -0.4 is 5.32 Å². The molecular weight excluding hydrogens is 421 g/mol. The first kappa shape index (κ1) is 19.2. The molecular formula is C21H16FN5O3S. The number of nitrogens with zero attached hydrogens (tertiary/aromatic N) is 3. The number of halogens is 1. The summed E-state index contributed by atoms with van der Waals surface area (Å²) in [6.07, 6.45) is 4.90. The number of H-pyrrole nitrogens is 1. The summed E-state index contributed by atoms with van der Waals surface area (Å²) in [6.45, 7) is 0.241. The number of amidine groups is 1. The van der Waals surface area contributed by atoms with Gasteiger partial charge in [-0.15, -0.1) is 4.40 Å². The molecule has 2 aromatic carbocycles.